The van der Waals surface area contributed by atoms with Crippen molar-refractivity contribution in [2.24, 2.45) is 11.8 Å². The zero-order valence-electron chi connectivity index (χ0n) is 15.7. The standard InChI is InChI=1S/C18H24N4O4S/c1-4-16-20-21-18(26-16)19-17(23)14-5-7-15(8-6-14)27(24,25)22-10-12(2)9-13(3)11-22/h5-8,12-13H,4,9-11H2,1-3H3,(H,19,21,23)/t12-,13-/m0/s1. The highest BCUT2D eigenvalue weighted by Crippen LogP contribution is 2.26. The molecule has 0 bridgehead atoms. The van der Waals surface area contributed by atoms with Gasteiger partial charge in [-0.05, 0) is 42.5 Å². The molecule has 0 aliphatic carbocycles. The van der Waals surface area contributed by atoms with Gasteiger partial charge in [-0.3, -0.25) is 10.1 Å². The summed E-state index contributed by atoms with van der Waals surface area (Å²) < 4.78 is 32.5. The second-order valence-electron chi connectivity index (χ2n) is 7.10. The summed E-state index contributed by atoms with van der Waals surface area (Å²) in [6, 6.07) is 5.90. The third-order valence-electron chi connectivity index (χ3n) is 4.58. The number of aryl methyl sites for hydroxylation is 1. The number of aromatic nitrogens is 2. The van der Waals surface area contributed by atoms with E-state index in [0.29, 0.717) is 42.8 Å². The maximum Gasteiger partial charge on any atom is 0.322 e. The molecule has 9 heteroatoms. The normalized spacial score (nSPS) is 21.1. The van der Waals surface area contributed by atoms with Gasteiger partial charge in [-0.25, -0.2) is 8.42 Å². The molecular formula is C18H24N4O4S. The van der Waals surface area contributed by atoms with Crippen molar-refractivity contribution in [2.45, 2.75) is 38.5 Å². The van der Waals surface area contributed by atoms with Crippen molar-refractivity contribution in [3.8, 4) is 0 Å². The molecule has 2 atom stereocenters. The van der Waals surface area contributed by atoms with Crippen LogP contribution in [0.15, 0.2) is 33.6 Å². The molecule has 27 heavy (non-hydrogen) atoms. The molecular weight excluding hydrogens is 368 g/mol. The largest absolute Gasteiger partial charge is 0.408 e. The number of carbonyl (C=O) groups excluding carboxylic acids is 1. The first-order valence-electron chi connectivity index (χ1n) is 9.03. The van der Waals surface area contributed by atoms with Gasteiger partial charge < -0.3 is 4.42 Å². The zero-order valence-corrected chi connectivity index (χ0v) is 16.5. The molecule has 1 fully saturated rings. The van der Waals surface area contributed by atoms with Crippen molar-refractivity contribution >= 4 is 21.9 Å². The van der Waals surface area contributed by atoms with Crippen molar-refractivity contribution in [3.63, 3.8) is 0 Å². The second kappa shape index (κ2) is 7.77. The van der Waals surface area contributed by atoms with Gasteiger partial charge in [-0.1, -0.05) is 25.9 Å². The van der Waals surface area contributed by atoms with E-state index in [-0.39, 0.29) is 10.9 Å². The van der Waals surface area contributed by atoms with Crippen LogP contribution in [-0.4, -0.2) is 41.9 Å². The Morgan fingerprint density at radius 1 is 1.19 bits per heavy atom. The van der Waals surface area contributed by atoms with Gasteiger partial charge in [0.25, 0.3) is 5.91 Å². The quantitative estimate of drug-likeness (QED) is 0.838. The van der Waals surface area contributed by atoms with Crippen molar-refractivity contribution in [3.05, 3.63) is 35.7 Å². The molecule has 1 aliphatic heterocycles. The molecule has 1 amide bonds. The van der Waals surface area contributed by atoms with Gasteiger partial charge in [0, 0.05) is 25.1 Å². The van der Waals surface area contributed by atoms with Gasteiger partial charge in [-0.15, -0.1) is 5.10 Å². The van der Waals surface area contributed by atoms with E-state index >= 15 is 0 Å². The molecule has 8 nitrogen and oxygen atoms in total. The Bertz CT molecular complexity index is 898. The van der Waals surface area contributed by atoms with E-state index in [4.69, 9.17) is 4.42 Å². The maximum absolute atomic E-state index is 12.9. The molecule has 1 aromatic carbocycles. The van der Waals surface area contributed by atoms with E-state index in [0.717, 1.165) is 6.42 Å². The minimum absolute atomic E-state index is 0.0184. The third kappa shape index (κ3) is 4.36. The lowest BCUT2D eigenvalue weighted by Crippen LogP contribution is -2.42. The maximum atomic E-state index is 12.9. The molecule has 1 aliphatic rings. The van der Waals surface area contributed by atoms with E-state index in [1.165, 1.54) is 28.6 Å². The van der Waals surface area contributed by atoms with Crippen molar-refractivity contribution in [1.82, 2.24) is 14.5 Å². The van der Waals surface area contributed by atoms with E-state index in [2.05, 4.69) is 29.4 Å². The topological polar surface area (TPSA) is 105 Å². The van der Waals surface area contributed by atoms with Gasteiger partial charge in [0.05, 0.1) is 4.90 Å². The minimum atomic E-state index is -3.57. The lowest BCUT2D eigenvalue weighted by atomic mass is 9.94. The van der Waals surface area contributed by atoms with Gasteiger partial charge >= 0.3 is 6.01 Å². The summed E-state index contributed by atoms with van der Waals surface area (Å²) in [6.45, 7) is 7.03. The molecule has 3 rings (SSSR count). The average Bonchev–Trinajstić information content (AvgIpc) is 3.08. The Kier molecular flexibility index (Phi) is 5.61. The lowest BCUT2D eigenvalue weighted by Gasteiger charge is -2.34. The van der Waals surface area contributed by atoms with Crippen LogP contribution >= 0.6 is 0 Å². The SMILES string of the molecule is CCc1nnc(NC(=O)c2ccc(S(=O)(=O)N3C[C@@H](C)C[C@H](C)C3)cc2)o1. The first-order valence-corrected chi connectivity index (χ1v) is 10.5. The Labute approximate surface area is 159 Å². The molecule has 1 N–H and O–H groups in total. The van der Waals surface area contributed by atoms with Crippen LogP contribution in [0, 0.1) is 11.8 Å². The van der Waals surface area contributed by atoms with Crippen LogP contribution in [-0.2, 0) is 16.4 Å². The molecule has 146 valence electrons. The smallest absolute Gasteiger partial charge is 0.322 e. The van der Waals surface area contributed by atoms with E-state index in [1.807, 2.05) is 6.92 Å². The highest BCUT2D eigenvalue weighted by Gasteiger charge is 2.31. The number of hydrogen-bond donors (Lipinski definition) is 1. The van der Waals surface area contributed by atoms with Crippen molar-refractivity contribution < 1.29 is 17.6 Å². The van der Waals surface area contributed by atoms with E-state index in [9.17, 15) is 13.2 Å². The molecule has 1 saturated heterocycles. The van der Waals surface area contributed by atoms with Gasteiger partial charge in [-0.2, -0.15) is 4.31 Å². The number of benzene rings is 1. The van der Waals surface area contributed by atoms with E-state index < -0.39 is 15.9 Å². The highest BCUT2D eigenvalue weighted by molar-refractivity contribution is 7.89. The number of carbonyl (C=O) groups is 1. The summed E-state index contributed by atoms with van der Waals surface area (Å²) >= 11 is 0. The van der Waals surface area contributed by atoms with Gasteiger partial charge in [0.1, 0.15) is 0 Å². The Balaban J connectivity index is 1.73. The number of piperidine rings is 1. The highest BCUT2D eigenvalue weighted by atomic mass is 32.2. The predicted molar refractivity (Wildman–Crippen MR) is 99.8 cm³/mol. The number of anilines is 1. The number of hydrogen-bond acceptors (Lipinski definition) is 6. The second-order valence-corrected chi connectivity index (χ2v) is 9.04. The molecule has 0 radical (unpaired) electrons. The summed E-state index contributed by atoms with van der Waals surface area (Å²) in [4.78, 5) is 12.4. The summed E-state index contributed by atoms with van der Waals surface area (Å²) in [5.41, 5.74) is 0.311. The lowest BCUT2D eigenvalue weighted by molar-refractivity contribution is 0.102. The summed E-state index contributed by atoms with van der Waals surface area (Å²) in [6.07, 6.45) is 1.60. The summed E-state index contributed by atoms with van der Waals surface area (Å²) in [5, 5.41) is 10.0. The molecule has 2 heterocycles. The van der Waals surface area contributed by atoms with Crippen molar-refractivity contribution in [1.29, 1.82) is 0 Å². The molecule has 0 spiro atoms. The fraction of sp³-hybridized carbons (Fsp3) is 0.500. The van der Waals surface area contributed by atoms with Gasteiger partial charge in [0.2, 0.25) is 15.9 Å². The number of nitrogens with zero attached hydrogens (tertiary/aromatic N) is 3. The van der Waals surface area contributed by atoms with Crippen LogP contribution in [0.3, 0.4) is 0 Å². The van der Waals surface area contributed by atoms with Crippen molar-refractivity contribution in [2.75, 3.05) is 18.4 Å². The Morgan fingerprint density at radius 3 is 2.37 bits per heavy atom. The monoisotopic (exact) mass is 392 g/mol. The molecule has 2 aromatic rings. The predicted octanol–water partition coefficient (Wildman–Crippen LogP) is 2.55. The number of nitrogens with one attached hydrogen (secondary N) is 1. The molecule has 1 aromatic heterocycles. The third-order valence-corrected chi connectivity index (χ3v) is 6.43. The van der Waals surface area contributed by atoms with Crippen LogP contribution < -0.4 is 5.32 Å². The van der Waals surface area contributed by atoms with Crippen LogP contribution in [0.5, 0.6) is 0 Å². The number of rotatable bonds is 5. The zero-order chi connectivity index (χ0) is 19.6. The first kappa shape index (κ1) is 19.5. The average molecular weight is 392 g/mol. The fourth-order valence-corrected chi connectivity index (χ4v) is 5.03. The van der Waals surface area contributed by atoms with Gasteiger partial charge in [0.15, 0.2) is 0 Å². The van der Waals surface area contributed by atoms with Crippen LogP contribution in [0.4, 0.5) is 6.01 Å². The molecule has 0 unspecified atom stereocenters. The fourth-order valence-electron chi connectivity index (χ4n) is 3.35. The Hall–Kier alpha value is -2.26. The summed E-state index contributed by atoms with van der Waals surface area (Å²) in [7, 11) is -3.57. The molecule has 0 saturated carbocycles. The van der Waals surface area contributed by atoms with Crippen LogP contribution in [0.25, 0.3) is 0 Å². The number of sulfonamides is 1. The Morgan fingerprint density at radius 2 is 1.81 bits per heavy atom. The number of amides is 1. The van der Waals surface area contributed by atoms with Crippen LogP contribution in [0.2, 0.25) is 0 Å². The minimum Gasteiger partial charge on any atom is -0.408 e. The summed E-state index contributed by atoms with van der Waals surface area (Å²) in [5.74, 6) is 0.647. The first-order chi connectivity index (χ1) is 12.8. The van der Waals surface area contributed by atoms with Crippen LogP contribution in [0.1, 0.15) is 43.4 Å². The van der Waals surface area contributed by atoms with E-state index in [1.54, 1.807) is 0 Å².